The summed E-state index contributed by atoms with van der Waals surface area (Å²) >= 11 is 0. The molecule has 0 heterocycles. The van der Waals surface area contributed by atoms with Crippen molar-refractivity contribution in [2.24, 2.45) is 29.1 Å². The molecule has 4 atom stereocenters. The van der Waals surface area contributed by atoms with Gasteiger partial charge in [-0.25, -0.2) is 0 Å². The Kier molecular flexibility index (Phi) is 8.22. The smallest absolute Gasteiger partial charge is 0.116 e. The molecule has 0 aliphatic heterocycles. The van der Waals surface area contributed by atoms with E-state index in [2.05, 4.69) is 70.2 Å². The molecule has 1 heteroatoms. The molecular weight excluding hydrogens is 412 g/mol. The van der Waals surface area contributed by atoms with Gasteiger partial charge in [0.05, 0.1) is 0 Å². The summed E-state index contributed by atoms with van der Waals surface area (Å²) in [4.78, 5) is 0. The molecule has 0 spiro atoms. The van der Waals surface area contributed by atoms with Gasteiger partial charge >= 0.3 is 0 Å². The third-order valence-electron chi connectivity index (χ3n) is 8.61. The first kappa shape index (κ1) is 25.1. The van der Waals surface area contributed by atoms with E-state index in [1.165, 1.54) is 67.2 Å². The zero-order valence-corrected chi connectivity index (χ0v) is 22.0. The van der Waals surface area contributed by atoms with Gasteiger partial charge in [0.25, 0.3) is 0 Å². The van der Waals surface area contributed by atoms with Crippen LogP contribution < -0.4 is 0 Å². The van der Waals surface area contributed by atoms with Crippen molar-refractivity contribution in [3.05, 3.63) is 76.9 Å². The minimum absolute atomic E-state index is 0.375. The lowest BCUT2D eigenvalue weighted by Crippen LogP contribution is -2.33. The van der Waals surface area contributed by atoms with Crippen molar-refractivity contribution in [1.82, 2.24) is 0 Å². The van der Waals surface area contributed by atoms with Gasteiger partial charge in [0.2, 0.25) is 0 Å². The molecule has 2 aromatic rings. The molecule has 2 aliphatic carbocycles. The maximum absolute atomic E-state index is 10.6. The predicted octanol–water partition coefficient (Wildman–Crippen LogP) is 8.91. The van der Waals surface area contributed by atoms with Crippen molar-refractivity contribution >= 4 is 0 Å². The average Bonchev–Trinajstić information content (AvgIpc) is 2.78. The van der Waals surface area contributed by atoms with Crippen molar-refractivity contribution in [3.8, 4) is 5.75 Å². The maximum Gasteiger partial charge on any atom is 0.116 e. The van der Waals surface area contributed by atoms with E-state index in [1.54, 1.807) is 0 Å². The molecule has 1 saturated carbocycles. The minimum atomic E-state index is 0.375. The molecule has 0 radical (unpaired) electrons. The highest BCUT2D eigenvalue weighted by atomic mass is 16.3. The largest absolute Gasteiger partial charge is 0.508 e. The van der Waals surface area contributed by atoms with Crippen LogP contribution >= 0.6 is 0 Å². The van der Waals surface area contributed by atoms with Crippen LogP contribution in [0.4, 0.5) is 0 Å². The minimum Gasteiger partial charge on any atom is -0.508 e. The Labute approximate surface area is 208 Å². The number of phenols is 1. The summed E-state index contributed by atoms with van der Waals surface area (Å²) in [5.41, 5.74) is 5.80. The zero-order valence-electron chi connectivity index (χ0n) is 22.0. The van der Waals surface area contributed by atoms with Crippen LogP contribution in [0.1, 0.15) is 94.9 Å². The molecule has 1 fully saturated rings. The van der Waals surface area contributed by atoms with E-state index in [1.807, 2.05) is 12.1 Å². The number of aromatic hydroxyl groups is 1. The number of phenolic OH excluding ortho intramolecular Hbond substituents is 1. The fourth-order valence-corrected chi connectivity index (χ4v) is 6.78. The monoisotopic (exact) mass is 458 g/mol. The van der Waals surface area contributed by atoms with Crippen LogP contribution in [-0.2, 0) is 19.3 Å². The third-order valence-corrected chi connectivity index (χ3v) is 8.61. The lowest BCUT2D eigenvalue weighted by molar-refractivity contribution is 0.119. The summed E-state index contributed by atoms with van der Waals surface area (Å²) in [6, 6.07) is 15.2. The van der Waals surface area contributed by atoms with Crippen LogP contribution in [0.5, 0.6) is 5.75 Å². The van der Waals surface area contributed by atoms with Crippen molar-refractivity contribution in [2.45, 2.75) is 91.9 Å². The lowest BCUT2D eigenvalue weighted by Gasteiger charge is -2.43. The Morgan fingerprint density at radius 2 is 1.79 bits per heavy atom. The zero-order chi connectivity index (χ0) is 24.1. The first-order valence-corrected chi connectivity index (χ1v) is 13.9. The van der Waals surface area contributed by atoms with E-state index in [0.29, 0.717) is 17.1 Å². The number of allylic oxidation sites excluding steroid dienone is 2. The Hall–Kier alpha value is -2.02. The molecular formula is C33H46O. The Morgan fingerprint density at radius 1 is 1.03 bits per heavy atom. The average molecular weight is 459 g/mol. The highest BCUT2D eigenvalue weighted by molar-refractivity contribution is 5.39. The van der Waals surface area contributed by atoms with Crippen LogP contribution in [-0.4, -0.2) is 5.11 Å². The van der Waals surface area contributed by atoms with Gasteiger partial charge < -0.3 is 5.11 Å². The summed E-state index contributed by atoms with van der Waals surface area (Å²) in [5.74, 6) is 3.49. The molecule has 0 unspecified atom stereocenters. The Bertz CT molecular complexity index is 970. The summed E-state index contributed by atoms with van der Waals surface area (Å²) in [7, 11) is 0. The number of aryl methyl sites for hydroxylation is 1. The van der Waals surface area contributed by atoms with Crippen molar-refractivity contribution in [3.63, 3.8) is 0 Å². The molecule has 184 valence electrons. The maximum atomic E-state index is 10.6. The highest BCUT2D eigenvalue weighted by Gasteiger charge is 2.37. The van der Waals surface area contributed by atoms with Gasteiger partial charge in [-0.3, -0.25) is 0 Å². The van der Waals surface area contributed by atoms with Gasteiger partial charge in [-0.2, -0.15) is 0 Å². The molecule has 0 amide bonds. The van der Waals surface area contributed by atoms with Gasteiger partial charge in [0, 0.05) is 0 Å². The fourth-order valence-electron chi connectivity index (χ4n) is 6.78. The van der Waals surface area contributed by atoms with Crippen LogP contribution in [0.3, 0.4) is 0 Å². The summed E-state index contributed by atoms with van der Waals surface area (Å²) in [6.45, 7) is 9.52. The van der Waals surface area contributed by atoms with Gasteiger partial charge in [-0.15, -0.1) is 0 Å². The first-order chi connectivity index (χ1) is 16.3. The first-order valence-electron chi connectivity index (χ1n) is 13.9. The third kappa shape index (κ3) is 6.55. The van der Waals surface area contributed by atoms with E-state index < -0.39 is 0 Å². The van der Waals surface area contributed by atoms with Gasteiger partial charge in [0.15, 0.2) is 0 Å². The molecule has 2 aliphatic rings. The SMILES string of the molecule is CC(C)CCc1ccccc1Cc1cc(O)cc(C[C@H]2CCC[C@H]([C@@]3(C)C=CC[C@H](C)C3)C2)c1. The van der Waals surface area contributed by atoms with E-state index in [-0.39, 0.29) is 0 Å². The molecule has 2 aromatic carbocycles. The molecule has 4 rings (SSSR count). The van der Waals surface area contributed by atoms with Crippen LogP contribution in [0.25, 0.3) is 0 Å². The molecule has 34 heavy (non-hydrogen) atoms. The summed E-state index contributed by atoms with van der Waals surface area (Å²) in [6.07, 6.45) is 17.3. The van der Waals surface area contributed by atoms with Crippen molar-refractivity contribution in [1.29, 1.82) is 0 Å². The van der Waals surface area contributed by atoms with E-state index >= 15 is 0 Å². The summed E-state index contributed by atoms with van der Waals surface area (Å²) < 4.78 is 0. The van der Waals surface area contributed by atoms with E-state index in [4.69, 9.17) is 0 Å². The molecule has 0 saturated heterocycles. The van der Waals surface area contributed by atoms with Crippen LogP contribution in [0.15, 0.2) is 54.6 Å². The second kappa shape index (κ2) is 11.1. The predicted molar refractivity (Wildman–Crippen MR) is 145 cm³/mol. The molecule has 1 N–H and O–H groups in total. The lowest BCUT2D eigenvalue weighted by atomic mass is 9.61. The second-order valence-corrected chi connectivity index (χ2v) is 12.3. The number of benzene rings is 2. The van der Waals surface area contributed by atoms with E-state index in [9.17, 15) is 5.11 Å². The molecule has 0 aromatic heterocycles. The highest BCUT2D eigenvalue weighted by Crippen LogP contribution is 2.48. The second-order valence-electron chi connectivity index (χ2n) is 12.3. The Balaban J connectivity index is 1.45. The Morgan fingerprint density at radius 3 is 2.56 bits per heavy atom. The number of rotatable bonds is 8. The number of hydrogen-bond acceptors (Lipinski definition) is 1. The van der Waals surface area contributed by atoms with Crippen molar-refractivity contribution < 1.29 is 5.11 Å². The van der Waals surface area contributed by atoms with Crippen LogP contribution in [0, 0.1) is 29.1 Å². The normalized spacial score (nSPS) is 27.3. The van der Waals surface area contributed by atoms with Gasteiger partial charge in [0.1, 0.15) is 5.75 Å². The number of hydrogen-bond donors (Lipinski definition) is 1. The van der Waals surface area contributed by atoms with Gasteiger partial charge in [-0.05, 0) is 115 Å². The van der Waals surface area contributed by atoms with E-state index in [0.717, 1.165) is 37.0 Å². The quantitative estimate of drug-likeness (QED) is 0.391. The van der Waals surface area contributed by atoms with Crippen LogP contribution in [0.2, 0.25) is 0 Å². The molecule has 0 bridgehead atoms. The van der Waals surface area contributed by atoms with Crippen molar-refractivity contribution in [2.75, 3.05) is 0 Å². The van der Waals surface area contributed by atoms with Gasteiger partial charge in [-0.1, -0.05) is 83.0 Å². The fraction of sp³-hybridized carbons (Fsp3) is 0.576. The summed E-state index contributed by atoms with van der Waals surface area (Å²) in [5, 5.41) is 10.6. The standard InChI is InChI=1S/C33H46O/c1-24(2)14-15-29-11-5-6-12-30(29)19-28-18-27(21-32(34)22-28)17-26-10-7-13-31(20-26)33(4)16-8-9-25(3)23-33/h5-6,8,11-12,16,18,21-22,24-26,31,34H,7,9-10,13-15,17,19-20,23H2,1-4H3/t25-,26+,31-,33-/m0/s1. The topological polar surface area (TPSA) is 20.2 Å². The molecule has 1 nitrogen and oxygen atoms in total.